The van der Waals surface area contributed by atoms with Crippen LogP contribution in [0, 0.1) is 17.7 Å². The molecule has 3 aromatic rings. The summed E-state index contributed by atoms with van der Waals surface area (Å²) in [7, 11) is 3.02. The van der Waals surface area contributed by atoms with Crippen molar-refractivity contribution < 1.29 is 4.39 Å². The minimum Gasteiger partial charge on any atom is -0.342 e. The fourth-order valence-electron chi connectivity index (χ4n) is 4.49. The summed E-state index contributed by atoms with van der Waals surface area (Å²) in [6.45, 7) is 5.94. The van der Waals surface area contributed by atoms with Gasteiger partial charge in [0.25, 0.3) is 5.56 Å². The third-order valence-electron chi connectivity index (χ3n) is 5.86. The van der Waals surface area contributed by atoms with Crippen LogP contribution < -0.4 is 16.1 Å². The number of nitrogens with zero attached hydrogens (tertiary/aromatic N) is 5. The molecule has 160 valence electrons. The summed E-state index contributed by atoms with van der Waals surface area (Å²) in [4.78, 5) is 32.3. The van der Waals surface area contributed by atoms with Gasteiger partial charge < -0.3 is 4.90 Å². The third-order valence-corrected chi connectivity index (χ3v) is 6.21. The van der Waals surface area contributed by atoms with Gasteiger partial charge >= 0.3 is 5.69 Å². The molecule has 1 aliphatic heterocycles. The SMILES string of the molecule is C[C@@H]1C[C@@H](C)CN(c2nc3c(c(=O)n(C)c(=O)n3C)n2Cc2c(F)cccc2Cl)C1. The van der Waals surface area contributed by atoms with Gasteiger partial charge in [-0.2, -0.15) is 4.98 Å². The van der Waals surface area contributed by atoms with Gasteiger partial charge in [-0.15, -0.1) is 0 Å². The molecule has 30 heavy (non-hydrogen) atoms. The van der Waals surface area contributed by atoms with Crippen LogP contribution in [-0.2, 0) is 20.6 Å². The smallest absolute Gasteiger partial charge is 0.332 e. The van der Waals surface area contributed by atoms with E-state index in [9.17, 15) is 14.0 Å². The second kappa shape index (κ2) is 7.58. The van der Waals surface area contributed by atoms with Crippen LogP contribution in [0.3, 0.4) is 0 Å². The third kappa shape index (κ3) is 3.33. The van der Waals surface area contributed by atoms with E-state index in [-0.39, 0.29) is 28.3 Å². The van der Waals surface area contributed by atoms with E-state index in [1.54, 1.807) is 23.7 Å². The Morgan fingerprint density at radius 2 is 1.80 bits per heavy atom. The van der Waals surface area contributed by atoms with Gasteiger partial charge in [-0.1, -0.05) is 31.5 Å². The van der Waals surface area contributed by atoms with Gasteiger partial charge in [-0.3, -0.25) is 18.5 Å². The summed E-state index contributed by atoms with van der Waals surface area (Å²) < 4.78 is 18.7. The first-order valence-corrected chi connectivity index (χ1v) is 10.4. The zero-order valence-corrected chi connectivity index (χ0v) is 18.3. The lowest BCUT2D eigenvalue weighted by molar-refractivity contribution is 0.352. The minimum absolute atomic E-state index is 0.0457. The van der Waals surface area contributed by atoms with Crippen molar-refractivity contribution in [1.82, 2.24) is 18.7 Å². The Balaban J connectivity index is 2.00. The van der Waals surface area contributed by atoms with Gasteiger partial charge in [0.2, 0.25) is 5.95 Å². The second-order valence-electron chi connectivity index (χ2n) is 8.43. The number of hydrogen-bond donors (Lipinski definition) is 0. The zero-order valence-electron chi connectivity index (χ0n) is 17.5. The number of piperidine rings is 1. The molecular formula is C21H25ClFN5O2. The van der Waals surface area contributed by atoms with Gasteiger partial charge in [0.1, 0.15) is 5.82 Å². The number of aryl methyl sites for hydroxylation is 1. The fourth-order valence-corrected chi connectivity index (χ4v) is 4.72. The topological polar surface area (TPSA) is 65.1 Å². The van der Waals surface area contributed by atoms with E-state index in [1.807, 2.05) is 0 Å². The Morgan fingerprint density at radius 1 is 1.13 bits per heavy atom. The molecule has 0 unspecified atom stereocenters. The van der Waals surface area contributed by atoms with Crippen molar-refractivity contribution in [2.75, 3.05) is 18.0 Å². The monoisotopic (exact) mass is 433 g/mol. The Morgan fingerprint density at radius 3 is 2.43 bits per heavy atom. The highest BCUT2D eigenvalue weighted by Crippen LogP contribution is 2.30. The highest BCUT2D eigenvalue weighted by atomic mass is 35.5. The maximum atomic E-state index is 14.6. The van der Waals surface area contributed by atoms with Crippen molar-refractivity contribution in [2.24, 2.45) is 25.9 Å². The molecule has 0 radical (unpaired) electrons. The number of anilines is 1. The van der Waals surface area contributed by atoms with E-state index in [1.165, 1.54) is 17.7 Å². The summed E-state index contributed by atoms with van der Waals surface area (Å²) in [5.41, 5.74) is -0.0737. The Bertz CT molecular complexity index is 1210. The highest BCUT2D eigenvalue weighted by molar-refractivity contribution is 6.31. The zero-order chi connectivity index (χ0) is 21.7. The van der Waals surface area contributed by atoms with Crippen LogP contribution in [0.2, 0.25) is 5.02 Å². The average molecular weight is 434 g/mol. The molecule has 1 saturated heterocycles. The van der Waals surface area contributed by atoms with Gasteiger partial charge in [-0.05, 0) is 30.4 Å². The summed E-state index contributed by atoms with van der Waals surface area (Å²) >= 11 is 6.28. The molecular weight excluding hydrogens is 409 g/mol. The van der Waals surface area contributed by atoms with E-state index in [2.05, 4.69) is 18.7 Å². The number of rotatable bonds is 3. The fraction of sp³-hybridized carbons (Fsp3) is 0.476. The van der Waals surface area contributed by atoms with Crippen molar-refractivity contribution in [3.05, 3.63) is 55.4 Å². The van der Waals surface area contributed by atoms with E-state index >= 15 is 0 Å². The number of aromatic nitrogens is 4. The Hall–Kier alpha value is -2.61. The summed E-state index contributed by atoms with van der Waals surface area (Å²) in [5.74, 6) is 1.01. The predicted octanol–water partition coefficient (Wildman–Crippen LogP) is 2.76. The molecule has 1 aromatic carbocycles. The van der Waals surface area contributed by atoms with Crippen molar-refractivity contribution in [1.29, 1.82) is 0 Å². The van der Waals surface area contributed by atoms with Crippen LogP contribution in [-0.4, -0.2) is 31.8 Å². The van der Waals surface area contributed by atoms with Gasteiger partial charge in [0.05, 0.1) is 6.54 Å². The van der Waals surface area contributed by atoms with E-state index in [0.717, 1.165) is 24.1 Å². The summed E-state index contributed by atoms with van der Waals surface area (Å²) in [6.07, 6.45) is 1.11. The molecule has 1 fully saturated rings. The summed E-state index contributed by atoms with van der Waals surface area (Å²) in [6, 6.07) is 4.52. The molecule has 2 atom stereocenters. The molecule has 4 rings (SSSR count). The molecule has 9 heteroatoms. The maximum Gasteiger partial charge on any atom is 0.332 e. The van der Waals surface area contributed by atoms with Gasteiger partial charge in [-0.25, -0.2) is 9.18 Å². The molecule has 0 bridgehead atoms. The lowest BCUT2D eigenvalue weighted by Crippen LogP contribution is -2.40. The number of hydrogen-bond acceptors (Lipinski definition) is 4. The van der Waals surface area contributed by atoms with E-state index < -0.39 is 17.1 Å². The predicted molar refractivity (Wildman–Crippen MR) is 116 cm³/mol. The van der Waals surface area contributed by atoms with E-state index in [0.29, 0.717) is 17.8 Å². The molecule has 0 N–H and O–H groups in total. The standard InChI is InChI=1S/C21H25ClFN5O2/c1-12-8-13(2)10-27(9-12)20-24-18-17(19(29)26(4)21(30)25(18)3)28(20)11-14-15(22)6-5-7-16(14)23/h5-7,12-13H,8-11H2,1-4H3/t12-,13-/m1/s1. The molecule has 1 aliphatic rings. The summed E-state index contributed by atoms with van der Waals surface area (Å²) in [5, 5.41) is 0.282. The molecule has 0 aliphatic carbocycles. The highest BCUT2D eigenvalue weighted by Gasteiger charge is 2.28. The van der Waals surface area contributed by atoms with Gasteiger partial charge in [0.15, 0.2) is 11.2 Å². The Kier molecular flexibility index (Phi) is 5.22. The Labute approximate surface area is 178 Å². The van der Waals surface area contributed by atoms with Crippen LogP contribution in [0.4, 0.5) is 10.3 Å². The molecule has 0 amide bonds. The lowest BCUT2D eigenvalue weighted by atomic mass is 9.92. The first kappa shape index (κ1) is 20.7. The second-order valence-corrected chi connectivity index (χ2v) is 8.83. The number of halogens is 2. The quantitative estimate of drug-likeness (QED) is 0.637. The van der Waals surface area contributed by atoms with E-state index in [4.69, 9.17) is 16.6 Å². The molecule has 0 saturated carbocycles. The number of fused-ring (bicyclic) bond motifs is 1. The van der Waals surface area contributed by atoms with Crippen LogP contribution in [0.15, 0.2) is 27.8 Å². The van der Waals surface area contributed by atoms with Crippen LogP contribution in [0.5, 0.6) is 0 Å². The average Bonchev–Trinajstić information content (AvgIpc) is 3.06. The number of imidazole rings is 1. The first-order chi connectivity index (χ1) is 14.2. The van der Waals surface area contributed by atoms with Crippen molar-refractivity contribution in [3.63, 3.8) is 0 Å². The maximum absolute atomic E-state index is 14.6. The van der Waals surface area contributed by atoms with Crippen LogP contribution in [0.1, 0.15) is 25.8 Å². The normalized spacial score (nSPS) is 19.6. The first-order valence-electron chi connectivity index (χ1n) is 10.0. The molecule has 7 nitrogen and oxygen atoms in total. The minimum atomic E-state index is -0.461. The van der Waals surface area contributed by atoms with Crippen molar-refractivity contribution >= 4 is 28.7 Å². The van der Waals surface area contributed by atoms with Crippen LogP contribution >= 0.6 is 11.6 Å². The van der Waals surface area contributed by atoms with Crippen molar-refractivity contribution in [3.8, 4) is 0 Å². The lowest BCUT2D eigenvalue weighted by Gasteiger charge is -2.35. The van der Waals surface area contributed by atoms with Gasteiger partial charge in [0, 0.05) is 37.8 Å². The van der Waals surface area contributed by atoms with Crippen molar-refractivity contribution in [2.45, 2.75) is 26.8 Å². The molecule has 0 spiro atoms. The molecule has 2 aromatic heterocycles. The van der Waals surface area contributed by atoms with Crippen LogP contribution in [0.25, 0.3) is 11.2 Å². The largest absolute Gasteiger partial charge is 0.342 e. The molecule has 3 heterocycles. The number of benzene rings is 1.